The molecular weight excluding hydrogens is 226 g/mol. The Morgan fingerprint density at radius 2 is 1.83 bits per heavy atom. The minimum Gasteiger partial charge on any atom is -0.497 e. The zero-order valence-electron chi connectivity index (χ0n) is 12.0. The Balaban J connectivity index is 2.58. The first-order valence-electron chi connectivity index (χ1n) is 6.17. The summed E-state index contributed by atoms with van der Waals surface area (Å²) >= 11 is 0. The lowest BCUT2D eigenvalue weighted by atomic mass is 9.88. The Bertz CT molecular complexity index is 395. The first-order chi connectivity index (χ1) is 8.35. The van der Waals surface area contributed by atoms with E-state index in [0.717, 1.165) is 18.8 Å². The Morgan fingerprint density at radius 1 is 1.28 bits per heavy atom. The summed E-state index contributed by atoms with van der Waals surface area (Å²) < 4.78 is 5.13. The fourth-order valence-electron chi connectivity index (χ4n) is 1.88. The summed E-state index contributed by atoms with van der Waals surface area (Å²) in [6, 6.07) is 8.02. The summed E-state index contributed by atoms with van der Waals surface area (Å²) in [5.74, 6) is 1.09. The van der Waals surface area contributed by atoms with Crippen molar-refractivity contribution in [3.63, 3.8) is 0 Å². The van der Waals surface area contributed by atoms with E-state index in [9.17, 15) is 4.79 Å². The molecule has 0 aromatic heterocycles. The second kappa shape index (κ2) is 6.01. The molecule has 0 bridgehead atoms. The molecule has 1 aromatic carbocycles. The van der Waals surface area contributed by atoms with Crippen LogP contribution >= 0.6 is 0 Å². The molecule has 0 aliphatic rings. The highest BCUT2D eigenvalue weighted by molar-refractivity contribution is 5.81. The van der Waals surface area contributed by atoms with Crippen LogP contribution in [0, 0.1) is 5.41 Å². The van der Waals surface area contributed by atoms with Gasteiger partial charge < -0.3 is 9.64 Å². The lowest BCUT2D eigenvalue weighted by Gasteiger charge is -2.28. The number of carbonyl (C=O) groups is 1. The molecule has 0 radical (unpaired) electrons. The van der Waals surface area contributed by atoms with Crippen molar-refractivity contribution in [1.29, 1.82) is 0 Å². The first-order valence-corrected chi connectivity index (χ1v) is 6.17. The van der Waals surface area contributed by atoms with E-state index in [1.807, 2.05) is 33.0 Å². The molecule has 100 valence electrons. The van der Waals surface area contributed by atoms with Gasteiger partial charge in [-0.2, -0.15) is 0 Å². The summed E-state index contributed by atoms with van der Waals surface area (Å²) in [5.41, 5.74) is 0.930. The number of benzene rings is 1. The fourth-order valence-corrected chi connectivity index (χ4v) is 1.88. The van der Waals surface area contributed by atoms with Gasteiger partial charge in [-0.3, -0.25) is 4.79 Å². The lowest BCUT2D eigenvalue weighted by molar-refractivity contribution is -0.125. The van der Waals surface area contributed by atoms with Gasteiger partial charge in [-0.25, -0.2) is 0 Å². The minimum atomic E-state index is -0.290. The van der Waals surface area contributed by atoms with Gasteiger partial charge in [-0.1, -0.05) is 26.0 Å². The van der Waals surface area contributed by atoms with Gasteiger partial charge in [0.15, 0.2) is 0 Å². The second-order valence-corrected chi connectivity index (χ2v) is 5.46. The number of ether oxygens (including phenoxy) is 1. The molecule has 0 unspecified atom stereocenters. The predicted molar refractivity (Wildman–Crippen MR) is 73.8 cm³/mol. The predicted octanol–water partition coefficient (Wildman–Crippen LogP) is 2.74. The highest BCUT2D eigenvalue weighted by Gasteiger charge is 2.25. The third-order valence-corrected chi connectivity index (χ3v) is 3.23. The number of ketones is 1. The van der Waals surface area contributed by atoms with Crippen molar-refractivity contribution < 1.29 is 9.53 Å². The maximum atomic E-state index is 11.5. The summed E-state index contributed by atoms with van der Waals surface area (Å²) in [5, 5.41) is 0. The highest BCUT2D eigenvalue weighted by atomic mass is 16.5. The molecule has 0 amide bonds. The van der Waals surface area contributed by atoms with E-state index in [0.29, 0.717) is 0 Å². The summed E-state index contributed by atoms with van der Waals surface area (Å²) in [4.78, 5) is 13.7. The van der Waals surface area contributed by atoms with Crippen molar-refractivity contribution in [3.05, 3.63) is 29.8 Å². The van der Waals surface area contributed by atoms with Gasteiger partial charge in [0.1, 0.15) is 11.5 Å². The Labute approximate surface area is 110 Å². The van der Waals surface area contributed by atoms with Crippen LogP contribution in [0.25, 0.3) is 0 Å². The molecule has 3 heteroatoms. The van der Waals surface area contributed by atoms with Crippen LogP contribution in [0.15, 0.2) is 24.3 Å². The average Bonchev–Trinajstić information content (AvgIpc) is 2.29. The van der Waals surface area contributed by atoms with Crippen LogP contribution in [0.1, 0.15) is 26.3 Å². The number of Topliss-reactive ketones (excluding diaryl/α,β-unsaturated/α-hetero) is 1. The first kappa shape index (κ1) is 14.7. The third kappa shape index (κ3) is 4.15. The number of methoxy groups -OCH3 is 1. The van der Waals surface area contributed by atoms with Gasteiger partial charge in [-0.05, 0) is 31.7 Å². The smallest absolute Gasteiger partial charge is 0.136 e. The van der Waals surface area contributed by atoms with Crippen LogP contribution in [0.4, 0.5) is 0 Å². The van der Waals surface area contributed by atoms with Gasteiger partial charge in [0, 0.05) is 18.5 Å². The lowest BCUT2D eigenvalue weighted by Crippen LogP contribution is -2.35. The number of rotatable bonds is 6. The van der Waals surface area contributed by atoms with E-state index in [2.05, 4.69) is 17.0 Å². The van der Waals surface area contributed by atoms with Crippen molar-refractivity contribution in [3.8, 4) is 5.75 Å². The molecule has 0 saturated carbocycles. The molecule has 18 heavy (non-hydrogen) atoms. The molecule has 0 heterocycles. The number of nitrogens with zero attached hydrogens (tertiary/aromatic N) is 1. The van der Waals surface area contributed by atoms with Crippen molar-refractivity contribution in [2.45, 2.75) is 27.3 Å². The molecule has 0 aliphatic heterocycles. The van der Waals surface area contributed by atoms with Crippen molar-refractivity contribution in [1.82, 2.24) is 4.90 Å². The van der Waals surface area contributed by atoms with E-state index in [1.54, 1.807) is 14.0 Å². The summed E-state index contributed by atoms with van der Waals surface area (Å²) in [7, 11) is 3.70. The SMILES string of the molecule is COc1ccc(CN(C)CC(C)(C)C(C)=O)cc1. The Kier molecular flexibility index (Phi) is 4.91. The number of carbonyl (C=O) groups excluding carboxylic acids is 1. The van der Waals surface area contributed by atoms with Gasteiger partial charge >= 0.3 is 0 Å². The fraction of sp³-hybridized carbons (Fsp3) is 0.533. The van der Waals surface area contributed by atoms with E-state index in [-0.39, 0.29) is 11.2 Å². The quantitative estimate of drug-likeness (QED) is 0.776. The van der Waals surface area contributed by atoms with Gasteiger partial charge in [-0.15, -0.1) is 0 Å². The van der Waals surface area contributed by atoms with E-state index < -0.39 is 0 Å². The monoisotopic (exact) mass is 249 g/mol. The minimum absolute atomic E-state index is 0.226. The maximum Gasteiger partial charge on any atom is 0.136 e. The Hall–Kier alpha value is -1.35. The van der Waals surface area contributed by atoms with Crippen LogP contribution < -0.4 is 4.74 Å². The largest absolute Gasteiger partial charge is 0.497 e. The Morgan fingerprint density at radius 3 is 2.28 bits per heavy atom. The van der Waals surface area contributed by atoms with Crippen molar-refractivity contribution in [2.24, 2.45) is 5.41 Å². The normalized spacial score (nSPS) is 11.7. The number of hydrogen-bond donors (Lipinski definition) is 0. The maximum absolute atomic E-state index is 11.5. The van der Waals surface area contributed by atoms with Crippen molar-refractivity contribution in [2.75, 3.05) is 20.7 Å². The van der Waals surface area contributed by atoms with E-state index >= 15 is 0 Å². The van der Waals surface area contributed by atoms with Crippen LogP contribution in [0.2, 0.25) is 0 Å². The molecule has 0 spiro atoms. The molecule has 3 nitrogen and oxygen atoms in total. The molecule has 0 atom stereocenters. The van der Waals surface area contributed by atoms with Crippen molar-refractivity contribution >= 4 is 5.78 Å². The molecule has 1 aromatic rings. The van der Waals surface area contributed by atoms with Gasteiger partial charge in [0.05, 0.1) is 7.11 Å². The summed E-state index contributed by atoms with van der Waals surface area (Å²) in [6.07, 6.45) is 0. The number of hydrogen-bond acceptors (Lipinski definition) is 3. The van der Waals surface area contributed by atoms with Crippen LogP contribution in [-0.4, -0.2) is 31.4 Å². The highest BCUT2D eigenvalue weighted by Crippen LogP contribution is 2.19. The molecule has 0 N–H and O–H groups in total. The zero-order chi connectivity index (χ0) is 13.8. The van der Waals surface area contributed by atoms with Gasteiger partial charge in [0.2, 0.25) is 0 Å². The zero-order valence-corrected chi connectivity index (χ0v) is 12.0. The molecule has 1 rings (SSSR count). The van der Waals surface area contributed by atoms with Gasteiger partial charge in [0.25, 0.3) is 0 Å². The van der Waals surface area contributed by atoms with Crippen LogP contribution in [0.3, 0.4) is 0 Å². The van der Waals surface area contributed by atoms with Crippen LogP contribution in [-0.2, 0) is 11.3 Å². The second-order valence-electron chi connectivity index (χ2n) is 5.46. The van der Waals surface area contributed by atoms with Crippen LogP contribution in [0.5, 0.6) is 5.75 Å². The molecular formula is C15H23NO2. The average molecular weight is 249 g/mol. The molecule has 0 aliphatic carbocycles. The topological polar surface area (TPSA) is 29.5 Å². The standard InChI is InChI=1S/C15H23NO2/c1-12(17)15(2,3)11-16(4)10-13-6-8-14(18-5)9-7-13/h6-9H,10-11H2,1-5H3. The third-order valence-electron chi connectivity index (χ3n) is 3.23. The summed E-state index contributed by atoms with van der Waals surface area (Å²) in [6.45, 7) is 7.22. The van der Waals surface area contributed by atoms with E-state index in [4.69, 9.17) is 4.74 Å². The van der Waals surface area contributed by atoms with E-state index in [1.165, 1.54) is 5.56 Å². The molecule has 0 saturated heterocycles. The molecule has 0 fully saturated rings.